The van der Waals surface area contributed by atoms with Crippen molar-refractivity contribution in [2.75, 3.05) is 13.2 Å². The van der Waals surface area contributed by atoms with E-state index in [1.54, 1.807) is 0 Å². The van der Waals surface area contributed by atoms with Crippen LogP contribution in [0.5, 0.6) is 0 Å². The Labute approximate surface area is 89.2 Å². The number of ether oxygens (including phenoxy) is 1. The first-order valence-electron chi connectivity index (χ1n) is 5.27. The van der Waals surface area contributed by atoms with E-state index < -0.39 is 0 Å². The molecule has 0 amide bonds. The highest BCUT2D eigenvalue weighted by Gasteiger charge is 1.88. The van der Waals surface area contributed by atoms with Gasteiger partial charge in [-0.1, -0.05) is 44.2 Å². The minimum absolute atomic E-state index is 0.691. The second-order valence-corrected chi connectivity index (χ2v) is 2.68. The smallest absolute Gasteiger partial charge is 0.0713 e. The normalized spacial score (nSPS) is 11.1. The van der Waals surface area contributed by atoms with E-state index in [9.17, 15) is 0 Å². The molecule has 0 aliphatic carbocycles. The zero-order valence-electron chi connectivity index (χ0n) is 10.3. The van der Waals surface area contributed by atoms with E-state index in [-0.39, 0.29) is 0 Å². The van der Waals surface area contributed by atoms with Crippen molar-refractivity contribution in [1.82, 2.24) is 0 Å². The Morgan fingerprint density at radius 1 is 1.29 bits per heavy atom. The van der Waals surface area contributed by atoms with Gasteiger partial charge in [0.25, 0.3) is 0 Å². The molecule has 0 aliphatic heterocycles. The fourth-order valence-corrected chi connectivity index (χ4v) is 0.697. The highest BCUT2D eigenvalue weighted by molar-refractivity contribution is 5.25. The predicted molar refractivity (Wildman–Crippen MR) is 65.6 cm³/mol. The molecule has 0 aromatic carbocycles. The van der Waals surface area contributed by atoms with Gasteiger partial charge in [0, 0.05) is 6.61 Å². The van der Waals surface area contributed by atoms with Crippen molar-refractivity contribution in [1.29, 1.82) is 0 Å². The molecule has 0 unspecified atom stereocenters. The van der Waals surface area contributed by atoms with Gasteiger partial charge in [-0.15, -0.1) is 0 Å². The molecule has 0 N–H and O–H groups in total. The van der Waals surface area contributed by atoms with Crippen LogP contribution in [0.2, 0.25) is 0 Å². The molecular formula is C13H24O. The molecule has 0 spiro atoms. The summed E-state index contributed by atoms with van der Waals surface area (Å²) in [4.78, 5) is 0. The van der Waals surface area contributed by atoms with Crippen molar-refractivity contribution in [3.8, 4) is 0 Å². The standard InChI is InChI=1S/C11H18O.C2H6/c1-5-11(9-12-6-2)8-7-10(3)4;1-2/h5,7-8H,3,6,9H2,1-2,4H3;1-2H3/b8-7-,11-5+;. The Morgan fingerprint density at radius 2 is 1.86 bits per heavy atom. The summed E-state index contributed by atoms with van der Waals surface area (Å²) in [5.41, 5.74) is 2.26. The van der Waals surface area contributed by atoms with E-state index in [0.29, 0.717) is 6.61 Å². The van der Waals surface area contributed by atoms with Gasteiger partial charge in [-0.25, -0.2) is 0 Å². The summed E-state index contributed by atoms with van der Waals surface area (Å²) in [5.74, 6) is 0. The maximum atomic E-state index is 5.27. The van der Waals surface area contributed by atoms with Crippen LogP contribution in [0.3, 0.4) is 0 Å². The molecule has 0 atom stereocenters. The van der Waals surface area contributed by atoms with Crippen LogP contribution < -0.4 is 0 Å². The van der Waals surface area contributed by atoms with Crippen molar-refractivity contribution >= 4 is 0 Å². The van der Waals surface area contributed by atoms with Gasteiger partial charge in [-0.05, 0) is 26.3 Å². The molecule has 0 saturated heterocycles. The zero-order chi connectivity index (χ0) is 11.4. The summed E-state index contributed by atoms with van der Waals surface area (Å²) in [6, 6.07) is 0. The molecule has 82 valence electrons. The van der Waals surface area contributed by atoms with Crippen LogP contribution in [0, 0.1) is 0 Å². The molecule has 0 bridgehead atoms. The van der Waals surface area contributed by atoms with Crippen LogP contribution in [0.1, 0.15) is 34.6 Å². The maximum absolute atomic E-state index is 5.27. The van der Waals surface area contributed by atoms with Gasteiger partial charge in [0.05, 0.1) is 6.61 Å². The van der Waals surface area contributed by atoms with E-state index >= 15 is 0 Å². The van der Waals surface area contributed by atoms with Gasteiger partial charge < -0.3 is 4.74 Å². The first-order chi connectivity index (χ1) is 6.70. The predicted octanol–water partition coefficient (Wildman–Crippen LogP) is 4.13. The third-order valence-electron chi connectivity index (χ3n) is 1.43. The largest absolute Gasteiger partial charge is 0.377 e. The summed E-state index contributed by atoms with van der Waals surface area (Å²) < 4.78 is 5.27. The molecule has 0 aromatic rings. The average molecular weight is 196 g/mol. The zero-order valence-corrected chi connectivity index (χ0v) is 10.3. The lowest BCUT2D eigenvalue weighted by Crippen LogP contribution is -1.94. The Balaban J connectivity index is 0. The Kier molecular flexibility index (Phi) is 13.6. The molecule has 0 aliphatic rings. The third-order valence-corrected chi connectivity index (χ3v) is 1.43. The SMILES string of the molecule is C=C(C)/C=C\C(=C/C)COCC.CC. The number of hydrogen-bond donors (Lipinski definition) is 0. The van der Waals surface area contributed by atoms with Crippen molar-refractivity contribution in [2.45, 2.75) is 34.6 Å². The third kappa shape index (κ3) is 11.2. The van der Waals surface area contributed by atoms with E-state index in [1.807, 2.05) is 46.8 Å². The minimum atomic E-state index is 0.691. The average Bonchev–Trinajstić information content (AvgIpc) is 2.21. The second-order valence-electron chi connectivity index (χ2n) is 2.68. The van der Waals surface area contributed by atoms with Gasteiger partial charge in [-0.3, -0.25) is 0 Å². The van der Waals surface area contributed by atoms with Gasteiger partial charge in [0.15, 0.2) is 0 Å². The molecule has 1 heteroatoms. The van der Waals surface area contributed by atoms with Crippen LogP contribution in [0.25, 0.3) is 0 Å². The highest BCUT2D eigenvalue weighted by Crippen LogP contribution is 2.00. The highest BCUT2D eigenvalue weighted by atomic mass is 16.5. The van der Waals surface area contributed by atoms with E-state index in [0.717, 1.165) is 12.2 Å². The van der Waals surface area contributed by atoms with Crippen LogP contribution in [0.4, 0.5) is 0 Å². The minimum Gasteiger partial charge on any atom is -0.377 e. The quantitative estimate of drug-likeness (QED) is 0.601. The molecule has 1 nitrogen and oxygen atoms in total. The summed E-state index contributed by atoms with van der Waals surface area (Å²) in [5, 5.41) is 0. The van der Waals surface area contributed by atoms with E-state index in [1.165, 1.54) is 5.57 Å². The molecule has 0 fully saturated rings. The summed E-state index contributed by atoms with van der Waals surface area (Å²) in [6.45, 7) is 15.2. The van der Waals surface area contributed by atoms with Gasteiger partial charge in [-0.2, -0.15) is 0 Å². The topological polar surface area (TPSA) is 9.23 Å². The fourth-order valence-electron chi connectivity index (χ4n) is 0.697. The fraction of sp³-hybridized carbons (Fsp3) is 0.538. The monoisotopic (exact) mass is 196 g/mol. The lowest BCUT2D eigenvalue weighted by Gasteiger charge is -2.00. The first kappa shape index (κ1) is 15.6. The van der Waals surface area contributed by atoms with Crippen molar-refractivity contribution in [3.05, 3.63) is 36.0 Å². The lowest BCUT2D eigenvalue weighted by molar-refractivity contribution is 0.173. The Bertz CT molecular complexity index is 187. The van der Waals surface area contributed by atoms with Crippen LogP contribution in [0.15, 0.2) is 36.0 Å². The van der Waals surface area contributed by atoms with Crippen LogP contribution in [-0.2, 0) is 4.74 Å². The molecule has 0 saturated carbocycles. The Morgan fingerprint density at radius 3 is 2.21 bits per heavy atom. The van der Waals surface area contributed by atoms with Gasteiger partial charge >= 0.3 is 0 Å². The number of hydrogen-bond acceptors (Lipinski definition) is 1. The molecule has 0 aromatic heterocycles. The number of rotatable bonds is 5. The van der Waals surface area contributed by atoms with Crippen molar-refractivity contribution in [3.63, 3.8) is 0 Å². The van der Waals surface area contributed by atoms with Gasteiger partial charge in [0.2, 0.25) is 0 Å². The van der Waals surface area contributed by atoms with E-state index in [2.05, 4.69) is 12.7 Å². The second kappa shape index (κ2) is 12.2. The van der Waals surface area contributed by atoms with Crippen molar-refractivity contribution in [2.24, 2.45) is 0 Å². The van der Waals surface area contributed by atoms with Crippen LogP contribution in [-0.4, -0.2) is 13.2 Å². The first-order valence-corrected chi connectivity index (χ1v) is 5.27. The van der Waals surface area contributed by atoms with Crippen LogP contribution >= 0.6 is 0 Å². The van der Waals surface area contributed by atoms with E-state index in [4.69, 9.17) is 4.74 Å². The Hall–Kier alpha value is -0.820. The van der Waals surface area contributed by atoms with Crippen molar-refractivity contribution < 1.29 is 4.74 Å². The molecule has 0 radical (unpaired) electrons. The molecule has 0 rings (SSSR count). The molecular weight excluding hydrogens is 172 g/mol. The molecule has 0 heterocycles. The van der Waals surface area contributed by atoms with Gasteiger partial charge in [0.1, 0.15) is 0 Å². The lowest BCUT2D eigenvalue weighted by atomic mass is 10.2. The maximum Gasteiger partial charge on any atom is 0.0713 e. The number of allylic oxidation sites excluding steroid dienone is 3. The summed E-state index contributed by atoms with van der Waals surface area (Å²) >= 11 is 0. The summed E-state index contributed by atoms with van der Waals surface area (Å²) in [6.07, 6.45) is 6.08. The summed E-state index contributed by atoms with van der Waals surface area (Å²) in [7, 11) is 0. The molecule has 14 heavy (non-hydrogen) atoms.